The van der Waals surface area contributed by atoms with Gasteiger partial charge in [-0.15, -0.1) is 0 Å². The maximum Gasteiger partial charge on any atom is 0.410 e. The Labute approximate surface area is 116 Å². The summed E-state index contributed by atoms with van der Waals surface area (Å²) in [7, 11) is 0. The monoisotopic (exact) mass is 269 g/mol. The lowest BCUT2D eigenvalue weighted by Crippen LogP contribution is -2.44. The fourth-order valence-electron chi connectivity index (χ4n) is 3.27. The third kappa shape index (κ3) is 3.22. The molecule has 0 spiro atoms. The highest BCUT2D eigenvalue weighted by Gasteiger charge is 2.53. The van der Waals surface area contributed by atoms with Crippen LogP contribution in [0.4, 0.5) is 4.79 Å². The number of piperidine rings is 1. The molecule has 1 N–H and O–H groups in total. The van der Waals surface area contributed by atoms with Crippen molar-refractivity contribution in [1.82, 2.24) is 4.90 Å². The van der Waals surface area contributed by atoms with Crippen molar-refractivity contribution in [1.29, 1.82) is 0 Å². The minimum absolute atomic E-state index is 0.153. The smallest absolute Gasteiger partial charge is 0.410 e. The minimum Gasteiger partial charge on any atom is -0.444 e. The topological polar surface area (TPSA) is 49.8 Å². The maximum atomic E-state index is 12.0. The van der Waals surface area contributed by atoms with Gasteiger partial charge in [0.25, 0.3) is 0 Å². The van der Waals surface area contributed by atoms with Crippen LogP contribution in [0.3, 0.4) is 0 Å². The summed E-state index contributed by atoms with van der Waals surface area (Å²) in [5.41, 5.74) is -0.273. The maximum absolute atomic E-state index is 12.0. The molecule has 1 amide bonds. The highest BCUT2D eigenvalue weighted by Crippen LogP contribution is 2.57. The molecule has 110 valence electrons. The highest BCUT2D eigenvalue weighted by atomic mass is 16.6. The summed E-state index contributed by atoms with van der Waals surface area (Å²) < 4.78 is 5.40. The molecule has 2 fully saturated rings. The van der Waals surface area contributed by atoms with Crippen molar-refractivity contribution in [3.05, 3.63) is 0 Å². The molecule has 1 heterocycles. The van der Waals surface area contributed by atoms with Crippen LogP contribution in [0, 0.1) is 11.3 Å². The number of hydrogen-bond acceptors (Lipinski definition) is 3. The molecule has 1 aliphatic carbocycles. The second kappa shape index (κ2) is 4.97. The number of amides is 1. The van der Waals surface area contributed by atoms with Gasteiger partial charge in [0, 0.05) is 13.1 Å². The van der Waals surface area contributed by atoms with Crippen LogP contribution < -0.4 is 0 Å². The minimum atomic E-state index is -0.425. The van der Waals surface area contributed by atoms with Gasteiger partial charge in [0.05, 0.1) is 6.10 Å². The number of carbonyl (C=O) groups excluding carboxylic acids is 1. The second-order valence-corrected chi connectivity index (χ2v) is 7.15. The van der Waals surface area contributed by atoms with Crippen molar-refractivity contribution in [3.8, 4) is 0 Å². The van der Waals surface area contributed by atoms with Crippen molar-refractivity contribution < 1.29 is 14.6 Å². The van der Waals surface area contributed by atoms with Gasteiger partial charge in [-0.1, -0.05) is 0 Å². The van der Waals surface area contributed by atoms with Crippen LogP contribution in [-0.2, 0) is 4.74 Å². The van der Waals surface area contributed by atoms with E-state index in [1.165, 1.54) is 0 Å². The Morgan fingerprint density at radius 2 is 1.84 bits per heavy atom. The lowest BCUT2D eigenvalue weighted by atomic mass is 9.78. The largest absolute Gasteiger partial charge is 0.444 e. The van der Waals surface area contributed by atoms with Gasteiger partial charge in [0.2, 0.25) is 0 Å². The zero-order chi connectivity index (χ0) is 14.3. The summed E-state index contributed by atoms with van der Waals surface area (Å²) in [6, 6.07) is 0. The van der Waals surface area contributed by atoms with Gasteiger partial charge in [-0.05, 0) is 64.7 Å². The molecule has 19 heavy (non-hydrogen) atoms. The average molecular weight is 269 g/mol. The Morgan fingerprint density at radius 1 is 1.32 bits per heavy atom. The number of hydrogen-bond donors (Lipinski definition) is 1. The predicted octanol–water partition coefficient (Wildman–Crippen LogP) is 2.79. The molecule has 1 unspecified atom stereocenters. The van der Waals surface area contributed by atoms with Crippen LogP contribution in [0.15, 0.2) is 0 Å². The summed E-state index contributed by atoms with van der Waals surface area (Å²) in [6.45, 7) is 9.11. The average Bonchev–Trinajstić information content (AvgIpc) is 3.08. The van der Waals surface area contributed by atoms with Crippen LogP contribution in [0.2, 0.25) is 0 Å². The lowest BCUT2D eigenvalue weighted by Gasteiger charge is -2.38. The predicted molar refractivity (Wildman–Crippen MR) is 73.9 cm³/mol. The molecule has 0 aromatic heterocycles. The van der Waals surface area contributed by atoms with E-state index >= 15 is 0 Å². The zero-order valence-corrected chi connectivity index (χ0v) is 12.6. The summed E-state index contributed by atoms with van der Waals surface area (Å²) in [5, 5.41) is 9.92. The normalized spacial score (nSPS) is 25.0. The first-order valence-electron chi connectivity index (χ1n) is 7.40. The molecule has 4 nitrogen and oxygen atoms in total. The van der Waals surface area contributed by atoms with Crippen LogP contribution in [0.25, 0.3) is 0 Å². The Hall–Kier alpha value is -0.770. The molecule has 4 heteroatoms. The Bertz CT molecular complexity index is 334. The Kier molecular flexibility index (Phi) is 3.83. The van der Waals surface area contributed by atoms with E-state index < -0.39 is 5.60 Å². The molecule has 0 aromatic rings. The van der Waals surface area contributed by atoms with Gasteiger partial charge in [0.15, 0.2) is 0 Å². The first-order chi connectivity index (χ1) is 8.74. The van der Waals surface area contributed by atoms with Gasteiger partial charge in [-0.2, -0.15) is 0 Å². The van der Waals surface area contributed by atoms with Crippen LogP contribution in [0.5, 0.6) is 0 Å². The van der Waals surface area contributed by atoms with Gasteiger partial charge in [0.1, 0.15) is 5.60 Å². The molecule has 2 rings (SSSR count). The van der Waals surface area contributed by atoms with E-state index in [0.717, 1.165) is 38.8 Å². The zero-order valence-electron chi connectivity index (χ0n) is 12.6. The number of aliphatic hydroxyl groups is 1. The van der Waals surface area contributed by atoms with Crippen LogP contribution >= 0.6 is 0 Å². The highest BCUT2D eigenvalue weighted by molar-refractivity contribution is 5.68. The van der Waals surface area contributed by atoms with Crippen molar-refractivity contribution in [3.63, 3.8) is 0 Å². The molecular weight excluding hydrogens is 242 g/mol. The fourth-order valence-corrected chi connectivity index (χ4v) is 3.27. The van der Waals surface area contributed by atoms with E-state index in [2.05, 4.69) is 0 Å². The molecule has 1 saturated carbocycles. The van der Waals surface area contributed by atoms with Crippen molar-refractivity contribution >= 4 is 6.09 Å². The molecule has 0 radical (unpaired) electrons. The number of rotatable bonds is 2. The molecule has 1 atom stereocenters. The van der Waals surface area contributed by atoms with E-state index in [-0.39, 0.29) is 17.6 Å². The van der Waals surface area contributed by atoms with Crippen LogP contribution in [0.1, 0.15) is 53.4 Å². The number of aliphatic hydroxyl groups excluding tert-OH is 1. The molecular formula is C15H27NO3. The lowest BCUT2D eigenvalue weighted by molar-refractivity contribution is 0.00464. The van der Waals surface area contributed by atoms with Gasteiger partial charge in [-0.25, -0.2) is 4.79 Å². The van der Waals surface area contributed by atoms with E-state index in [4.69, 9.17) is 4.74 Å². The molecule has 0 bridgehead atoms. The van der Waals surface area contributed by atoms with E-state index in [9.17, 15) is 9.90 Å². The second-order valence-electron chi connectivity index (χ2n) is 7.15. The standard InChI is InChI=1S/C15H27NO3/c1-11(17)15(7-8-15)12-5-9-16(10-6-12)13(18)19-14(2,3)4/h11-12,17H,5-10H2,1-4H3. The molecule has 2 aliphatic rings. The number of carbonyl (C=O) groups is 1. The number of ether oxygens (including phenoxy) is 1. The molecule has 1 saturated heterocycles. The number of nitrogens with zero attached hydrogens (tertiary/aromatic N) is 1. The third-order valence-electron chi connectivity index (χ3n) is 4.62. The fraction of sp³-hybridized carbons (Fsp3) is 0.933. The first-order valence-corrected chi connectivity index (χ1v) is 7.40. The summed E-state index contributed by atoms with van der Waals surface area (Å²) in [5.74, 6) is 0.561. The Morgan fingerprint density at radius 3 is 2.21 bits per heavy atom. The van der Waals surface area contributed by atoms with Crippen molar-refractivity contribution in [2.75, 3.05) is 13.1 Å². The van der Waals surface area contributed by atoms with Gasteiger partial charge < -0.3 is 14.7 Å². The SMILES string of the molecule is CC(O)C1(C2CCN(C(=O)OC(C)(C)C)CC2)CC1. The molecule has 0 aromatic carbocycles. The van der Waals surface area contributed by atoms with Gasteiger partial charge in [-0.3, -0.25) is 0 Å². The van der Waals surface area contributed by atoms with Crippen LogP contribution in [-0.4, -0.2) is 40.9 Å². The van der Waals surface area contributed by atoms with Crippen molar-refractivity contribution in [2.24, 2.45) is 11.3 Å². The van der Waals surface area contributed by atoms with E-state index in [0.29, 0.717) is 5.92 Å². The van der Waals surface area contributed by atoms with Gasteiger partial charge >= 0.3 is 6.09 Å². The van der Waals surface area contributed by atoms with E-state index in [1.807, 2.05) is 27.7 Å². The molecule has 1 aliphatic heterocycles. The Balaban J connectivity index is 1.85. The summed E-state index contributed by atoms with van der Waals surface area (Å²) >= 11 is 0. The van der Waals surface area contributed by atoms with Crippen molar-refractivity contribution in [2.45, 2.75) is 65.1 Å². The number of likely N-dealkylation sites (tertiary alicyclic amines) is 1. The quantitative estimate of drug-likeness (QED) is 0.838. The summed E-state index contributed by atoms with van der Waals surface area (Å²) in [6.07, 6.45) is 3.84. The third-order valence-corrected chi connectivity index (χ3v) is 4.62. The summed E-state index contributed by atoms with van der Waals surface area (Å²) in [4.78, 5) is 13.8. The first kappa shape index (κ1) is 14.6. The van der Waals surface area contributed by atoms with E-state index in [1.54, 1.807) is 4.90 Å².